The van der Waals surface area contributed by atoms with Crippen LogP contribution in [0.1, 0.15) is 26.8 Å². The Bertz CT molecular complexity index is 547. The first-order valence-corrected chi connectivity index (χ1v) is 5.74. The maximum atomic E-state index is 10.8. The Labute approximate surface area is 101 Å². The molecule has 0 saturated carbocycles. The summed E-state index contributed by atoms with van der Waals surface area (Å²) in [6.45, 7) is 4.00. The molecule has 90 valence electrons. The SMILES string of the molecule is Cc1cc(CNc2nc(C(=O)O)c(C)s2)no1. The highest BCUT2D eigenvalue weighted by molar-refractivity contribution is 7.15. The standard InChI is InChI=1S/C10H11N3O3S/c1-5-3-7(13-16-5)4-11-10-12-8(9(14)15)6(2)17-10/h3H,4H2,1-2H3,(H,11,12)(H,14,15). The number of rotatable bonds is 4. The molecule has 2 heterocycles. The fraction of sp³-hybridized carbons (Fsp3) is 0.300. The van der Waals surface area contributed by atoms with Gasteiger partial charge >= 0.3 is 5.97 Å². The molecule has 0 aliphatic rings. The molecule has 0 saturated heterocycles. The minimum atomic E-state index is -1.01. The van der Waals surface area contributed by atoms with Gasteiger partial charge in [0, 0.05) is 10.9 Å². The van der Waals surface area contributed by atoms with Gasteiger partial charge in [0.05, 0.1) is 6.54 Å². The van der Waals surface area contributed by atoms with Crippen LogP contribution in [0.15, 0.2) is 10.6 Å². The van der Waals surface area contributed by atoms with Gasteiger partial charge in [0.15, 0.2) is 10.8 Å². The number of hydrogen-bond acceptors (Lipinski definition) is 6. The first-order valence-electron chi connectivity index (χ1n) is 4.93. The lowest BCUT2D eigenvalue weighted by molar-refractivity contribution is 0.0690. The first-order chi connectivity index (χ1) is 8.06. The number of aromatic nitrogens is 2. The van der Waals surface area contributed by atoms with Crippen LogP contribution in [0, 0.1) is 13.8 Å². The van der Waals surface area contributed by atoms with Gasteiger partial charge in [0.1, 0.15) is 11.5 Å². The summed E-state index contributed by atoms with van der Waals surface area (Å²) in [4.78, 5) is 15.5. The van der Waals surface area contributed by atoms with Gasteiger partial charge in [0.25, 0.3) is 0 Å². The number of carboxylic acids is 1. The first kappa shape index (κ1) is 11.6. The molecule has 2 rings (SSSR count). The number of anilines is 1. The number of nitrogens with one attached hydrogen (secondary N) is 1. The Hall–Kier alpha value is -1.89. The van der Waals surface area contributed by atoms with Gasteiger partial charge in [-0.05, 0) is 13.8 Å². The van der Waals surface area contributed by atoms with Gasteiger partial charge in [-0.2, -0.15) is 0 Å². The van der Waals surface area contributed by atoms with Crippen LogP contribution in [0.3, 0.4) is 0 Å². The van der Waals surface area contributed by atoms with E-state index < -0.39 is 5.97 Å². The van der Waals surface area contributed by atoms with Crippen LogP contribution in [-0.4, -0.2) is 21.2 Å². The van der Waals surface area contributed by atoms with Crippen molar-refractivity contribution in [1.82, 2.24) is 10.1 Å². The summed E-state index contributed by atoms with van der Waals surface area (Å²) in [5, 5.41) is 16.3. The molecule has 0 spiro atoms. The molecule has 2 aromatic rings. The summed E-state index contributed by atoms with van der Waals surface area (Å²) < 4.78 is 4.92. The Morgan fingerprint density at radius 1 is 1.59 bits per heavy atom. The van der Waals surface area contributed by atoms with Gasteiger partial charge < -0.3 is 14.9 Å². The van der Waals surface area contributed by atoms with Crippen molar-refractivity contribution in [3.05, 3.63) is 28.1 Å². The van der Waals surface area contributed by atoms with Crippen LogP contribution >= 0.6 is 11.3 Å². The van der Waals surface area contributed by atoms with Crippen molar-refractivity contribution in [2.75, 3.05) is 5.32 Å². The van der Waals surface area contributed by atoms with Crippen LogP contribution in [0.4, 0.5) is 5.13 Å². The van der Waals surface area contributed by atoms with E-state index in [0.29, 0.717) is 16.6 Å². The van der Waals surface area contributed by atoms with E-state index in [1.54, 1.807) is 6.92 Å². The van der Waals surface area contributed by atoms with Gasteiger partial charge in [-0.3, -0.25) is 0 Å². The summed E-state index contributed by atoms with van der Waals surface area (Å²) >= 11 is 1.31. The average molecular weight is 253 g/mol. The minimum Gasteiger partial charge on any atom is -0.476 e. The largest absolute Gasteiger partial charge is 0.476 e. The highest BCUT2D eigenvalue weighted by atomic mass is 32.1. The summed E-state index contributed by atoms with van der Waals surface area (Å²) in [6.07, 6.45) is 0. The Morgan fingerprint density at radius 3 is 2.88 bits per heavy atom. The Morgan fingerprint density at radius 2 is 2.35 bits per heavy atom. The van der Waals surface area contributed by atoms with E-state index in [4.69, 9.17) is 9.63 Å². The molecule has 2 aromatic heterocycles. The third-order valence-electron chi connectivity index (χ3n) is 2.10. The molecule has 0 aliphatic carbocycles. The monoisotopic (exact) mass is 253 g/mol. The van der Waals surface area contributed by atoms with Crippen molar-refractivity contribution in [3.63, 3.8) is 0 Å². The van der Waals surface area contributed by atoms with Crippen molar-refractivity contribution >= 4 is 22.4 Å². The number of nitrogens with zero attached hydrogens (tertiary/aromatic N) is 2. The molecule has 0 fully saturated rings. The summed E-state index contributed by atoms with van der Waals surface area (Å²) in [5.74, 6) is -0.271. The molecule has 0 radical (unpaired) electrons. The predicted molar refractivity (Wildman–Crippen MR) is 62.4 cm³/mol. The maximum Gasteiger partial charge on any atom is 0.355 e. The highest BCUT2D eigenvalue weighted by Crippen LogP contribution is 2.22. The van der Waals surface area contributed by atoms with Crippen LogP contribution in [-0.2, 0) is 6.54 Å². The fourth-order valence-corrected chi connectivity index (χ4v) is 2.14. The van der Waals surface area contributed by atoms with Crippen LogP contribution in [0.2, 0.25) is 0 Å². The van der Waals surface area contributed by atoms with Crippen molar-refractivity contribution in [3.8, 4) is 0 Å². The smallest absolute Gasteiger partial charge is 0.355 e. The topological polar surface area (TPSA) is 88.2 Å². The van der Waals surface area contributed by atoms with E-state index in [2.05, 4.69) is 15.5 Å². The number of aromatic carboxylic acids is 1. The number of carboxylic acid groups (broad SMARTS) is 1. The second-order valence-electron chi connectivity index (χ2n) is 3.51. The zero-order chi connectivity index (χ0) is 12.4. The lowest BCUT2D eigenvalue weighted by Gasteiger charge is -1.96. The molecule has 0 amide bonds. The predicted octanol–water partition coefficient (Wildman–Crippen LogP) is 2.06. The van der Waals surface area contributed by atoms with Crippen molar-refractivity contribution in [2.24, 2.45) is 0 Å². The van der Waals surface area contributed by atoms with Gasteiger partial charge in [-0.25, -0.2) is 9.78 Å². The number of hydrogen-bond donors (Lipinski definition) is 2. The molecule has 0 unspecified atom stereocenters. The zero-order valence-electron chi connectivity index (χ0n) is 9.35. The molecular formula is C10H11N3O3S. The Balaban J connectivity index is 2.04. The van der Waals surface area contributed by atoms with E-state index in [1.165, 1.54) is 11.3 Å². The summed E-state index contributed by atoms with van der Waals surface area (Å²) in [7, 11) is 0. The van der Waals surface area contributed by atoms with Gasteiger partial charge in [-0.15, -0.1) is 11.3 Å². The normalized spacial score (nSPS) is 10.5. The second kappa shape index (κ2) is 4.54. The molecule has 0 aliphatic heterocycles. The molecule has 2 N–H and O–H groups in total. The summed E-state index contributed by atoms with van der Waals surface area (Å²) in [5.41, 5.74) is 0.848. The molecular weight excluding hydrogens is 242 g/mol. The van der Waals surface area contributed by atoms with Crippen molar-refractivity contribution in [1.29, 1.82) is 0 Å². The highest BCUT2D eigenvalue weighted by Gasteiger charge is 2.13. The quantitative estimate of drug-likeness (QED) is 0.867. The third kappa shape index (κ3) is 2.62. The Kier molecular flexibility index (Phi) is 3.10. The summed E-state index contributed by atoms with van der Waals surface area (Å²) in [6, 6.07) is 1.81. The van der Waals surface area contributed by atoms with E-state index in [-0.39, 0.29) is 5.69 Å². The zero-order valence-corrected chi connectivity index (χ0v) is 10.2. The van der Waals surface area contributed by atoms with E-state index in [9.17, 15) is 4.79 Å². The second-order valence-corrected chi connectivity index (χ2v) is 4.71. The lowest BCUT2D eigenvalue weighted by atomic mass is 10.4. The maximum absolute atomic E-state index is 10.8. The van der Waals surface area contributed by atoms with Crippen molar-refractivity contribution in [2.45, 2.75) is 20.4 Å². The molecule has 7 heteroatoms. The minimum absolute atomic E-state index is 0.0915. The van der Waals surface area contributed by atoms with E-state index in [0.717, 1.165) is 11.5 Å². The molecule has 6 nitrogen and oxygen atoms in total. The molecule has 0 atom stereocenters. The fourth-order valence-electron chi connectivity index (χ4n) is 1.34. The molecule has 0 aromatic carbocycles. The van der Waals surface area contributed by atoms with Crippen LogP contribution in [0.5, 0.6) is 0 Å². The number of aryl methyl sites for hydroxylation is 2. The van der Waals surface area contributed by atoms with Crippen molar-refractivity contribution < 1.29 is 14.4 Å². The molecule has 17 heavy (non-hydrogen) atoms. The van der Waals surface area contributed by atoms with E-state index in [1.807, 2.05) is 13.0 Å². The van der Waals surface area contributed by atoms with Crippen LogP contribution in [0.25, 0.3) is 0 Å². The average Bonchev–Trinajstić information content (AvgIpc) is 2.82. The number of carbonyl (C=O) groups is 1. The van der Waals surface area contributed by atoms with Gasteiger partial charge in [-0.1, -0.05) is 5.16 Å². The van der Waals surface area contributed by atoms with E-state index >= 15 is 0 Å². The van der Waals surface area contributed by atoms with Crippen LogP contribution < -0.4 is 5.32 Å². The van der Waals surface area contributed by atoms with Gasteiger partial charge in [0.2, 0.25) is 0 Å². The lowest BCUT2D eigenvalue weighted by Crippen LogP contribution is -2.01. The molecule has 0 bridgehead atoms. The third-order valence-corrected chi connectivity index (χ3v) is 3.03. The number of thiazole rings is 1.